The average molecular weight is 637 g/mol. The SMILES string of the molecule is CC(C)(C)C1(C(C)(C)C)NNC(CO[Si](c2ccccc2)(c2ccccc2)C(C)(C)C)C2C1C2(Br)Br. The van der Waals surface area contributed by atoms with Gasteiger partial charge >= 0.3 is 0 Å². The molecule has 0 radical (unpaired) electrons. The Morgan fingerprint density at radius 3 is 1.61 bits per heavy atom. The van der Waals surface area contributed by atoms with Crippen LogP contribution < -0.4 is 21.2 Å². The van der Waals surface area contributed by atoms with Crippen LogP contribution in [0.15, 0.2) is 60.7 Å². The number of benzene rings is 2. The number of hydrogen-bond acceptors (Lipinski definition) is 3. The van der Waals surface area contributed by atoms with E-state index < -0.39 is 8.32 Å². The third-order valence-corrected chi connectivity index (χ3v) is 15.8. The molecule has 1 aliphatic carbocycles. The molecule has 198 valence electrons. The molecule has 0 aromatic heterocycles. The molecule has 2 aromatic rings. The highest BCUT2D eigenvalue weighted by Crippen LogP contribution is 2.73. The Labute approximate surface area is 236 Å². The minimum atomic E-state index is -2.60. The highest BCUT2D eigenvalue weighted by molar-refractivity contribution is 9.25. The lowest BCUT2D eigenvalue weighted by molar-refractivity contribution is -0.0441. The van der Waals surface area contributed by atoms with Crippen molar-refractivity contribution in [1.82, 2.24) is 10.9 Å². The Kier molecular flexibility index (Phi) is 7.37. The minimum Gasteiger partial charge on any atom is -0.406 e. The van der Waals surface area contributed by atoms with Crippen LogP contribution in [-0.4, -0.2) is 29.7 Å². The van der Waals surface area contributed by atoms with Gasteiger partial charge in [0.05, 0.1) is 9.84 Å². The number of hydrogen-bond donors (Lipinski definition) is 2. The Hall–Kier alpha value is -0.503. The van der Waals surface area contributed by atoms with E-state index in [9.17, 15) is 0 Å². The molecule has 3 unspecified atom stereocenters. The van der Waals surface area contributed by atoms with E-state index in [-0.39, 0.29) is 30.7 Å². The van der Waals surface area contributed by atoms with Crippen LogP contribution >= 0.6 is 31.9 Å². The lowest BCUT2D eigenvalue weighted by Gasteiger charge is -2.57. The molecule has 2 aromatic carbocycles. The minimum absolute atomic E-state index is 0.0405. The summed E-state index contributed by atoms with van der Waals surface area (Å²) in [6.45, 7) is 21.8. The summed E-state index contributed by atoms with van der Waals surface area (Å²) in [4.78, 5) is 0. The molecule has 1 saturated carbocycles. The number of hydrazine groups is 1. The molecular weight excluding hydrogens is 592 g/mol. The van der Waals surface area contributed by atoms with Crippen LogP contribution in [0.5, 0.6) is 0 Å². The van der Waals surface area contributed by atoms with Crippen LogP contribution in [-0.2, 0) is 4.43 Å². The predicted octanol–water partition coefficient (Wildman–Crippen LogP) is 6.60. The van der Waals surface area contributed by atoms with Crippen LogP contribution in [0.25, 0.3) is 0 Å². The van der Waals surface area contributed by atoms with Gasteiger partial charge in [-0.1, -0.05) is 155 Å². The molecule has 2 fully saturated rings. The zero-order valence-corrected chi connectivity index (χ0v) is 27.5. The van der Waals surface area contributed by atoms with Crippen LogP contribution in [0.3, 0.4) is 0 Å². The number of rotatable bonds is 5. The second-order valence-corrected chi connectivity index (χ2v) is 21.8. The van der Waals surface area contributed by atoms with Gasteiger partial charge in [-0.15, -0.1) is 0 Å². The molecule has 1 aliphatic heterocycles. The van der Waals surface area contributed by atoms with E-state index in [0.717, 1.165) is 0 Å². The molecule has 0 bridgehead atoms. The van der Waals surface area contributed by atoms with Crippen molar-refractivity contribution >= 4 is 50.6 Å². The molecule has 1 heterocycles. The fourth-order valence-corrected chi connectivity index (χ4v) is 14.1. The van der Waals surface area contributed by atoms with Gasteiger partial charge in [0.2, 0.25) is 0 Å². The van der Waals surface area contributed by atoms with E-state index in [2.05, 4.69) is 166 Å². The topological polar surface area (TPSA) is 33.3 Å². The quantitative estimate of drug-likeness (QED) is 0.287. The maximum atomic E-state index is 7.33. The van der Waals surface area contributed by atoms with Gasteiger partial charge in [0.1, 0.15) is 0 Å². The second kappa shape index (κ2) is 9.30. The smallest absolute Gasteiger partial charge is 0.261 e. The van der Waals surface area contributed by atoms with Crippen molar-refractivity contribution in [3.63, 3.8) is 0 Å². The zero-order chi connectivity index (χ0) is 26.8. The van der Waals surface area contributed by atoms with E-state index in [4.69, 9.17) is 4.43 Å². The van der Waals surface area contributed by atoms with Gasteiger partial charge in [-0.05, 0) is 26.2 Å². The average Bonchev–Trinajstić information content (AvgIpc) is 3.36. The standard InChI is InChI=1S/C30H44Br2N2OSi/c1-26(2,3)30(27(4,5)6)25-24(29(25,31)32)23(33-34-30)20-35-36(28(7,8)9,21-16-12-10-13-17-21)22-18-14-11-15-19-22/h10-19,23-25,33-34H,20H2,1-9H3. The molecule has 1 saturated heterocycles. The van der Waals surface area contributed by atoms with Crippen molar-refractivity contribution in [2.75, 3.05) is 6.61 Å². The third kappa shape index (κ3) is 4.32. The van der Waals surface area contributed by atoms with Crippen LogP contribution in [0.4, 0.5) is 0 Å². The van der Waals surface area contributed by atoms with Crippen LogP contribution in [0.2, 0.25) is 5.04 Å². The van der Waals surface area contributed by atoms with Crippen molar-refractivity contribution < 1.29 is 4.43 Å². The fourth-order valence-electron chi connectivity index (χ4n) is 7.34. The zero-order valence-electron chi connectivity index (χ0n) is 23.4. The van der Waals surface area contributed by atoms with Gasteiger partial charge in [0, 0.05) is 23.4 Å². The van der Waals surface area contributed by atoms with Crippen LogP contribution in [0, 0.1) is 22.7 Å². The number of nitrogens with one attached hydrogen (secondary N) is 2. The summed E-state index contributed by atoms with van der Waals surface area (Å²) in [5, 5.41) is 2.60. The maximum absolute atomic E-state index is 7.33. The van der Waals surface area contributed by atoms with Crippen molar-refractivity contribution in [1.29, 1.82) is 0 Å². The number of alkyl halides is 2. The highest BCUT2D eigenvalue weighted by atomic mass is 79.9. The summed E-state index contributed by atoms with van der Waals surface area (Å²) >= 11 is 8.25. The molecule has 3 atom stereocenters. The van der Waals surface area contributed by atoms with Crippen molar-refractivity contribution in [2.24, 2.45) is 22.7 Å². The number of fused-ring (bicyclic) bond motifs is 1. The van der Waals surface area contributed by atoms with Gasteiger partial charge in [0.25, 0.3) is 8.32 Å². The lowest BCUT2D eigenvalue weighted by atomic mass is 9.57. The van der Waals surface area contributed by atoms with Gasteiger partial charge in [-0.25, -0.2) is 5.43 Å². The van der Waals surface area contributed by atoms with Gasteiger partial charge < -0.3 is 4.43 Å². The molecule has 0 amide bonds. The molecule has 2 aliphatic rings. The van der Waals surface area contributed by atoms with E-state index in [0.29, 0.717) is 18.4 Å². The van der Waals surface area contributed by atoms with E-state index >= 15 is 0 Å². The molecule has 4 rings (SSSR count). The molecular formula is C30H44Br2N2OSi. The first-order valence-electron chi connectivity index (χ1n) is 13.2. The Morgan fingerprint density at radius 2 is 1.22 bits per heavy atom. The van der Waals surface area contributed by atoms with E-state index in [1.807, 2.05) is 0 Å². The second-order valence-electron chi connectivity index (χ2n) is 13.8. The van der Waals surface area contributed by atoms with Crippen molar-refractivity contribution in [3.05, 3.63) is 60.7 Å². The summed E-state index contributed by atoms with van der Waals surface area (Å²) in [5.41, 5.74) is 7.67. The van der Waals surface area contributed by atoms with Crippen molar-refractivity contribution in [2.45, 2.75) is 82.2 Å². The molecule has 0 spiro atoms. The predicted molar refractivity (Wildman–Crippen MR) is 163 cm³/mol. The van der Waals surface area contributed by atoms with E-state index in [1.54, 1.807) is 0 Å². The molecule has 36 heavy (non-hydrogen) atoms. The first kappa shape index (κ1) is 28.5. The Balaban J connectivity index is 1.72. The fraction of sp³-hybridized carbons (Fsp3) is 0.600. The van der Waals surface area contributed by atoms with Crippen molar-refractivity contribution in [3.8, 4) is 0 Å². The lowest BCUT2D eigenvalue weighted by Crippen LogP contribution is -2.73. The first-order chi connectivity index (χ1) is 16.5. The van der Waals surface area contributed by atoms with Gasteiger partial charge in [-0.2, -0.15) is 0 Å². The molecule has 3 nitrogen and oxygen atoms in total. The molecule has 2 N–H and O–H groups in total. The monoisotopic (exact) mass is 634 g/mol. The molecule has 6 heteroatoms. The highest BCUT2D eigenvalue weighted by Gasteiger charge is 2.78. The Morgan fingerprint density at radius 1 is 0.778 bits per heavy atom. The summed E-state index contributed by atoms with van der Waals surface area (Å²) < 4.78 is 7.20. The largest absolute Gasteiger partial charge is 0.406 e. The normalized spacial score (nSPS) is 25.8. The summed E-state index contributed by atoms with van der Waals surface area (Å²) in [7, 11) is -2.60. The Bertz CT molecular complexity index is 1000. The summed E-state index contributed by atoms with van der Waals surface area (Å²) in [6.07, 6.45) is 0. The maximum Gasteiger partial charge on any atom is 0.261 e. The van der Waals surface area contributed by atoms with Gasteiger partial charge in [-0.3, -0.25) is 5.43 Å². The first-order valence-corrected chi connectivity index (χ1v) is 16.7. The number of halogens is 2. The summed E-state index contributed by atoms with van der Waals surface area (Å²) in [6, 6.07) is 22.0. The van der Waals surface area contributed by atoms with Crippen LogP contribution in [0.1, 0.15) is 62.3 Å². The van der Waals surface area contributed by atoms with Gasteiger partial charge in [0.15, 0.2) is 0 Å². The summed E-state index contributed by atoms with van der Waals surface area (Å²) in [5.74, 6) is 0.814. The third-order valence-electron chi connectivity index (χ3n) is 8.73. The van der Waals surface area contributed by atoms with E-state index in [1.165, 1.54) is 10.4 Å².